The summed E-state index contributed by atoms with van der Waals surface area (Å²) in [5.41, 5.74) is 0.0437. The predicted octanol–water partition coefficient (Wildman–Crippen LogP) is 2.91. The van der Waals surface area contributed by atoms with E-state index in [0.717, 1.165) is 25.7 Å². The Morgan fingerprint density at radius 2 is 1.65 bits per heavy atom. The minimum Gasteiger partial charge on any atom is -0.469 e. The van der Waals surface area contributed by atoms with Gasteiger partial charge in [0.05, 0.1) is 20.6 Å². The van der Waals surface area contributed by atoms with Crippen LogP contribution in [0.5, 0.6) is 0 Å². The van der Waals surface area contributed by atoms with Gasteiger partial charge in [0.15, 0.2) is 5.60 Å². The molecule has 0 amide bonds. The van der Waals surface area contributed by atoms with E-state index < -0.39 is 17.5 Å². The average molecular weight is 322 g/mol. The van der Waals surface area contributed by atoms with Crippen LogP contribution in [0.3, 0.4) is 0 Å². The van der Waals surface area contributed by atoms with Gasteiger partial charge in [-0.05, 0) is 31.2 Å². The van der Waals surface area contributed by atoms with Crippen LogP contribution in [0.2, 0.25) is 0 Å². The third-order valence-corrected chi connectivity index (χ3v) is 3.99. The minimum absolute atomic E-state index is 0.134. The third kappa shape index (κ3) is 6.02. The quantitative estimate of drug-likeness (QED) is 0.489. The normalized spacial score (nSPS) is 13.2. The van der Waals surface area contributed by atoms with Gasteiger partial charge in [-0.15, -0.1) is 0 Å². The van der Waals surface area contributed by atoms with Crippen molar-refractivity contribution in [1.82, 2.24) is 0 Å². The first-order valence-electron chi connectivity index (χ1n) is 7.82. The first kappa shape index (κ1) is 19.2. The van der Waals surface area contributed by atoms with Gasteiger partial charge in [0.25, 0.3) is 0 Å². The molecule has 128 valence electrons. The number of rotatable bonds is 10. The van der Waals surface area contributed by atoms with Crippen molar-refractivity contribution in [1.29, 1.82) is 0 Å². The molecule has 0 fully saturated rings. The molecule has 0 aliphatic heterocycles. The molecular weight excluding hydrogens is 296 g/mol. The predicted molar refractivity (Wildman–Crippen MR) is 87.0 cm³/mol. The second-order valence-corrected chi connectivity index (χ2v) is 5.49. The molecule has 5 nitrogen and oxygen atoms in total. The Morgan fingerprint density at radius 3 is 2.22 bits per heavy atom. The lowest BCUT2D eigenvalue weighted by atomic mass is 9.91. The second kappa shape index (κ2) is 10.0. The van der Waals surface area contributed by atoms with E-state index in [4.69, 9.17) is 9.47 Å². The Kier molecular flexibility index (Phi) is 8.33. The van der Waals surface area contributed by atoms with Crippen LogP contribution < -0.4 is 0 Å². The highest BCUT2D eigenvalue weighted by atomic mass is 16.6. The standard InChI is InChI=1S/C18H26O5/c1-21-16(19)14-18(23-3,17(20)22-2)13-9-5-8-12-15-10-6-4-7-11-15/h4,6-7,10-11H,5,8-9,12-14H2,1-3H3. The van der Waals surface area contributed by atoms with Crippen molar-refractivity contribution in [2.24, 2.45) is 0 Å². The van der Waals surface area contributed by atoms with Crippen LogP contribution in [0.25, 0.3) is 0 Å². The average Bonchev–Trinajstić information content (AvgIpc) is 2.60. The zero-order valence-electron chi connectivity index (χ0n) is 14.2. The van der Waals surface area contributed by atoms with E-state index in [1.807, 2.05) is 18.2 Å². The number of esters is 2. The van der Waals surface area contributed by atoms with Crippen LogP contribution in [0.15, 0.2) is 30.3 Å². The smallest absolute Gasteiger partial charge is 0.338 e. The summed E-state index contributed by atoms with van der Waals surface area (Å²) < 4.78 is 14.8. The molecule has 0 aliphatic carbocycles. The lowest BCUT2D eigenvalue weighted by Gasteiger charge is -2.28. The molecule has 1 atom stereocenters. The summed E-state index contributed by atoms with van der Waals surface area (Å²) in [5.74, 6) is -1.02. The van der Waals surface area contributed by atoms with Crippen molar-refractivity contribution in [2.75, 3.05) is 21.3 Å². The van der Waals surface area contributed by atoms with Gasteiger partial charge in [-0.1, -0.05) is 36.8 Å². The molecule has 1 rings (SSSR count). The van der Waals surface area contributed by atoms with E-state index >= 15 is 0 Å². The highest BCUT2D eigenvalue weighted by molar-refractivity contribution is 5.85. The number of benzene rings is 1. The maximum atomic E-state index is 12.0. The molecule has 0 aliphatic rings. The molecule has 0 heterocycles. The van der Waals surface area contributed by atoms with Gasteiger partial charge < -0.3 is 14.2 Å². The van der Waals surface area contributed by atoms with Gasteiger partial charge in [0.2, 0.25) is 0 Å². The molecule has 0 saturated carbocycles. The number of ether oxygens (including phenoxy) is 3. The van der Waals surface area contributed by atoms with Gasteiger partial charge in [-0.25, -0.2) is 4.79 Å². The van der Waals surface area contributed by atoms with Gasteiger partial charge in [0.1, 0.15) is 0 Å². The van der Waals surface area contributed by atoms with E-state index in [9.17, 15) is 9.59 Å². The van der Waals surface area contributed by atoms with Crippen molar-refractivity contribution in [2.45, 2.75) is 44.1 Å². The van der Waals surface area contributed by atoms with Gasteiger partial charge in [-0.3, -0.25) is 4.79 Å². The number of hydrogen-bond acceptors (Lipinski definition) is 5. The highest BCUT2D eigenvalue weighted by Gasteiger charge is 2.41. The van der Waals surface area contributed by atoms with Crippen LogP contribution in [0.1, 0.15) is 37.7 Å². The van der Waals surface area contributed by atoms with Crippen molar-refractivity contribution in [3.05, 3.63) is 35.9 Å². The van der Waals surface area contributed by atoms with Gasteiger partial charge in [0, 0.05) is 7.11 Å². The van der Waals surface area contributed by atoms with E-state index in [1.54, 1.807) is 0 Å². The van der Waals surface area contributed by atoms with Gasteiger partial charge in [-0.2, -0.15) is 0 Å². The molecule has 0 N–H and O–H groups in total. The molecule has 1 unspecified atom stereocenters. The first-order chi connectivity index (χ1) is 11.1. The summed E-state index contributed by atoms with van der Waals surface area (Å²) >= 11 is 0. The summed E-state index contributed by atoms with van der Waals surface area (Å²) in [6.45, 7) is 0. The third-order valence-electron chi connectivity index (χ3n) is 3.99. The number of methoxy groups -OCH3 is 3. The van der Waals surface area contributed by atoms with Crippen LogP contribution in [-0.4, -0.2) is 38.9 Å². The molecule has 5 heteroatoms. The van der Waals surface area contributed by atoms with Gasteiger partial charge >= 0.3 is 11.9 Å². The number of carbonyl (C=O) groups excluding carboxylic acids is 2. The largest absolute Gasteiger partial charge is 0.469 e. The first-order valence-corrected chi connectivity index (χ1v) is 7.82. The summed E-state index contributed by atoms with van der Waals surface area (Å²) in [4.78, 5) is 23.6. The van der Waals surface area contributed by atoms with E-state index in [-0.39, 0.29) is 6.42 Å². The molecule has 0 bridgehead atoms. The Labute approximate surface area is 137 Å². The Balaban J connectivity index is 2.50. The molecule has 1 aromatic rings. The number of carbonyl (C=O) groups is 2. The summed E-state index contributed by atoms with van der Waals surface area (Å²) in [5, 5.41) is 0. The molecular formula is C18H26O5. The second-order valence-electron chi connectivity index (χ2n) is 5.49. The summed E-state index contributed by atoms with van der Waals surface area (Å²) in [6, 6.07) is 10.3. The number of hydrogen-bond donors (Lipinski definition) is 0. The molecule has 0 aromatic heterocycles. The zero-order chi connectivity index (χ0) is 17.1. The molecule has 0 radical (unpaired) electrons. The van der Waals surface area contributed by atoms with E-state index in [2.05, 4.69) is 16.9 Å². The minimum atomic E-state index is -1.26. The molecule has 23 heavy (non-hydrogen) atoms. The number of unbranched alkanes of at least 4 members (excludes halogenated alkanes) is 2. The van der Waals surface area contributed by atoms with Crippen LogP contribution in [-0.2, 0) is 30.2 Å². The Morgan fingerprint density at radius 1 is 0.957 bits per heavy atom. The maximum Gasteiger partial charge on any atom is 0.338 e. The van der Waals surface area contributed by atoms with Crippen LogP contribution in [0.4, 0.5) is 0 Å². The fourth-order valence-corrected chi connectivity index (χ4v) is 2.57. The SMILES string of the molecule is COC(=O)CC(CCCCCc1ccccc1)(OC)C(=O)OC. The monoisotopic (exact) mass is 322 g/mol. The summed E-state index contributed by atoms with van der Waals surface area (Å²) in [6.07, 6.45) is 4.02. The fourth-order valence-electron chi connectivity index (χ4n) is 2.57. The fraction of sp³-hybridized carbons (Fsp3) is 0.556. The maximum absolute atomic E-state index is 12.0. The van der Waals surface area contributed by atoms with Crippen LogP contribution >= 0.6 is 0 Å². The Hall–Kier alpha value is -1.88. The van der Waals surface area contributed by atoms with Crippen molar-refractivity contribution in [3.8, 4) is 0 Å². The Bertz CT molecular complexity index is 485. The van der Waals surface area contributed by atoms with Crippen LogP contribution in [0, 0.1) is 0 Å². The molecule has 0 saturated heterocycles. The summed E-state index contributed by atoms with van der Waals surface area (Å²) in [7, 11) is 4.01. The highest BCUT2D eigenvalue weighted by Crippen LogP contribution is 2.26. The van der Waals surface area contributed by atoms with Crippen molar-refractivity contribution < 1.29 is 23.8 Å². The van der Waals surface area contributed by atoms with Crippen molar-refractivity contribution in [3.63, 3.8) is 0 Å². The zero-order valence-corrected chi connectivity index (χ0v) is 14.2. The van der Waals surface area contributed by atoms with Crippen molar-refractivity contribution >= 4 is 11.9 Å². The lowest BCUT2D eigenvalue weighted by Crippen LogP contribution is -2.44. The molecule has 1 aromatic carbocycles. The molecule has 0 spiro atoms. The lowest BCUT2D eigenvalue weighted by molar-refractivity contribution is -0.174. The van der Waals surface area contributed by atoms with E-state index in [1.165, 1.54) is 26.9 Å². The van der Waals surface area contributed by atoms with E-state index in [0.29, 0.717) is 6.42 Å². The topological polar surface area (TPSA) is 61.8 Å². The number of aryl methyl sites for hydroxylation is 1.